The van der Waals surface area contributed by atoms with Gasteiger partial charge in [0.15, 0.2) is 0 Å². The molecule has 0 aliphatic rings. The molecule has 0 spiro atoms. The number of hydrogen-bond donors (Lipinski definition) is 0. The molecule has 0 atom stereocenters. The molecule has 0 saturated heterocycles. The summed E-state index contributed by atoms with van der Waals surface area (Å²) in [6.45, 7) is 2.17. The van der Waals surface area contributed by atoms with Crippen LogP contribution in [0.4, 0.5) is 0 Å². The molecule has 0 amide bonds. The van der Waals surface area contributed by atoms with Crippen molar-refractivity contribution in [1.82, 2.24) is 0 Å². The van der Waals surface area contributed by atoms with Gasteiger partial charge in [-0.3, -0.25) is 0 Å². The summed E-state index contributed by atoms with van der Waals surface area (Å²) in [4.78, 5) is 0. The van der Waals surface area contributed by atoms with Gasteiger partial charge in [0.1, 0.15) is 0 Å². The number of hydrogen-bond acceptors (Lipinski definition) is 0. The Hall–Kier alpha value is 0.280. The van der Waals surface area contributed by atoms with Gasteiger partial charge in [0, 0.05) is 21.6 Å². The molecule has 1 aromatic rings. The van der Waals surface area contributed by atoms with Crippen molar-refractivity contribution >= 4 is 39.1 Å². The summed E-state index contributed by atoms with van der Waals surface area (Å²) in [5, 5.41) is 0. The SMILES string of the molecule is CCCC(CCl)(CCl)Cc1ccccc1Br. The molecule has 1 rings (SSSR count). The largest absolute Gasteiger partial charge is 0.126 e. The third kappa shape index (κ3) is 3.65. The predicted molar refractivity (Wildman–Crippen MR) is 76.6 cm³/mol. The summed E-state index contributed by atoms with van der Waals surface area (Å²) >= 11 is 15.8. The van der Waals surface area contributed by atoms with Crippen molar-refractivity contribution in [2.24, 2.45) is 5.41 Å². The minimum Gasteiger partial charge on any atom is -0.126 e. The fourth-order valence-electron chi connectivity index (χ4n) is 1.93. The van der Waals surface area contributed by atoms with E-state index in [9.17, 15) is 0 Å². The third-order valence-electron chi connectivity index (χ3n) is 2.87. The molecule has 0 radical (unpaired) electrons. The van der Waals surface area contributed by atoms with Crippen LogP contribution in [0.2, 0.25) is 0 Å². The minimum absolute atomic E-state index is 0.0295. The first kappa shape index (κ1) is 14.3. The summed E-state index contributed by atoms with van der Waals surface area (Å²) in [5.41, 5.74) is 1.32. The van der Waals surface area contributed by atoms with Crippen molar-refractivity contribution in [1.29, 1.82) is 0 Å². The highest BCUT2D eigenvalue weighted by atomic mass is 79.9. The van der Waals surface area contributed by atoms with E-state index >= 15 is 0 Å². The molecule has 0 unspecified atom stereocenters. The zero-order valence-electron chi connectivity index (χ0n) is 9.48. The molecule has 0 aromatic heterocycles. The van der Waals surface area contributed by atoms with Crippen molar-refractivity contribution in [3.05, 3.63) is 34.3 Å². The van der Waals surface area contributed by atoms with Gasteiger partial charge in [-0.2, -0.15) is 0 Å². The average molecular weight is 324 g/mol. The van der Waals surface area contributed by atoms with E-state index in [0.717, 1.165) is 23.7 Å². The monoisotopic (exact) mass is 322 g/mol. The second kappa shape index (κ2) is 6.88. The second-order valence-corrected chi connectivity index (χ2v) is 5.67. The standard InChI is InChI=1S/C13H17BrCl2/c1-2-7-13(9-15,10-16)8-11-5-3-4-6-12(11)14/h3-6H,2,7-10H2,1H3. The van der Waals surface area contributed by atoms with E-state index in [1.807, 2.05) is 6.07 Å². The van der Waals surface area contributed by atoms with Crippen LogP contribution in [0.1, 0.15) is 25.3 Å². The molecular formula is C13H17BrCl2. The molecule has 0 aliphatic carbocycles. The quantitative estimate of drug-likeness (QED) is 0.627. The first-order valence-electron chi connectivity index (χ1n) is 5.53. The zero-order chi connectivity index (χ0) is 12.0. The van der Waals surface area contributed by atoms with E-state index in [1.165, 1.54) is 5.56 Å². The van der Waals surface area contributed by atoms with Gasteiger partial charge in [-0.05, 0) is 24.5 Å². The van der Waals surface area contributed by atoms with Gasteiger partial charge in [0.2, 0.25) is 0 Å². The van der Waals surface area contributed by atoms with Gasteiger partial charge in [0.05, 0.1) is 0 Å². The maximum atomic E-state index is 6.11. The van der Waals surface area contributed by atoms with E-state index in [4.69, 9.17) is 23.2 Å². The Morgan fingerprint density at radius 3 is 2.31 bits per heavy atom. The summed E-state index contributed by atoms with van der Waals surface area (Å²) in [5.74, 6) is 1.23. The molecule has 0 nitrogen and oxygen atoms in total. The van der Waals surface area contributed by atoms with Crippen LogP contribution in [0, 0.1) is 5.41 Å². The molecule has 0 heterocycles. The molecule has 0 fully saturated rings. The lowest BCUT2D eigenvalue weighted by molar-refractivity contribution is 0.340. The lowest BCUT2D eigenvalue weighted by atomic mass is 9.81. The van der Waals surface area contributed by atoms with Gasteiger partial charge >= 0.3 is 0 Å². The fourth-order valence-corrected chi connectivity index (χ4v) is 3.10. The second-order valence-electron chi connectivity index (χ2n) is 4.29. The average Bonchev–Trinajstić information content (AvgIpc) is 2.31. The Kier molecular flexibility index (Phi) is 6.17. The molecular weight excluding hydrogens is 307 g/mol. The third-order valence-corrected chi connectivity index (χ3v) is 4.78. The predicted octanol–water partition coefficient (Wildman–Crippen LogP) is 5.26. The molecule has 16 heavy (non-hydrogen) atoms. The van der Waals surface area contributed by atoms with Gasteiger partial charge in [0.25, 0.3) is 0 Å². The smallest absolute Gasteiger partial charge is 0.0294 e. The maximum Gasteiger partial charge on any atom is 0.0294 e. The number of alkyl halides is 2. The van der Waals surface area contributed by atoms with Crippen molar-refractivity contribution < 1.29 is 0 Å². The number of rotatable bonds is 6. The molecule has 0 N–H and O–H groups in total. The summed E-state index contributed by atoms with van der Waals surface area (Å²) in [7, 11) is 0. The molecule has 0 saturated carbocycles. The lowest BCUT2D eigenvalue weighted by Gasteiger charge is -2.29. The molecule has 3 heteroatoms. The minimum atomic E-state index is 0.0295. The topological polar surface area (TPSA) is 0 Å². The van der Waals surface area contributed by atoms with Gasteiger partial charge < -0.3 is 0 Å². The van der Waals surface area contributed by atoms with Crippen LogP contribution >= 0.6 is 39.1 Å². The maximum absolute atomic E-state index is 6.11. The Morgan fingerprint density at radius 1 is 1.19 bits per heavy atom. The van der Waals surface area contributed by atoms with Gasteiger partial charge in [-0.15, -0.1) is 23.2 Å². The normalized spacial score (nSPS) is 11.8. The van der Waals surface area contributed by atoms with Crippen LogP contribution in [-0.4, -0.2) is 11.8 Å². The zero-order valence-corrected chi connectivity index (χ0v) is 12.6. The number of halogens is 3. The van der Waals surface area contributed by atoms with Gasteiger partial charge in [-0.25, -0.2) is 0 Å². The molecule has 0 bridgehead atoms. The van der Waals surface area contributed by atoms with Crippen molar-refractivity contribution in [3.8, 4) is 0 Å². The highest BCUT2D eigenvalue weighted by Gasteiger charge is 2.28. The molecule has 90 valence electrons. The number of benzene rings is 1. The van der Waals surface area contributed by atoms with Crippen LogP contribution < -0.4 is 0 Å². The summed E-state index contributed by atoms with van der Waals surface area (Å²) in [6, 6.07) is 8.28. The van der Waals surface area contributed by atoms with Crippen molar-refractivity contribution in [2.45, 2.75) is 26.2 Å². The Bertz CT molecular complexity index is 321. The Morgan fingerprint density at radius 2 is 1.81 bits per heavy atom. The van der Waals surface area contributed by atoms with Crippen LogP contribution in [-0.2, 0) is 6.42 Å². The van der Waals surface area contributed by atoms with Crippen molar-refractivity contribution in [2.75, 3.05) is 11.8 Å². The van der Waals surface area contributed by atoms with E-state index in [1.54, 1.807) is 0 Å². The summed E-state index contributed by atoms with van der Waals surface area (Å²) < 4.78 is 1.14. The highest BCUT2D eigenvalue weighted by molar-refractivity contribution is 9.10. The van der Waals surface area contributed by atoms with Crippen LogP contribution in [0.25, 0.3) is 0 Å². The van der Waals surface area contributed by atoms with Crippen LogP contribution in [0.15, 0.2) is 28.7 Å². The fraction of sp³-hybridized carbons (Fsp3) is 0.538. The van der Waals surface area contributed by atoms with Crippen LogP contribution in [0.5, 0.6) is 0 Å². The lowest BCUT2D eigenvalue weighted by Crippen LogP contribution is -2.28. The van der Waals surface area contributed by atoms with E-state index in [0.29, 0.717) is 11.8 Å². The van der Waals surface area contributed by atoms with Crippen molar-refractivity contribution in [3.63, 3.8) is 0 Å². The van der Waals surface area contributed by atoms with E-state index < -0.39 is 0 Å². The molecule has 0 aliphatic heterocycles. The Balaban J connectivity index is 2.87. The highest BCUT2D eigenvalue weighted by Crippen LogP contribution is 2.34. The van der Waals surface area contributed by atoms with Gasteiger partial charge in [-0.1, -0.05) is 47.5 Å². The van der Waals surface area contributed by atoms with Crippen LogP contribution in [0.3, 0.4) is 0 Å². The van der Waals surface area contributed by atoms with E-state index in [-0.39, 0.29) is 5.41 Å². The first-order chi connectivity index (χ1) is 7.67. The first-order valence-corrected chi connectivity index (χ1v) is 7.39. The molecule has 1 aromatic carbocycles. The van der Waals surface area contributed by atoms with E-state index in [2.05, 4.69) is 41.1 Å². The summed E-state index contributed by atoms with van der Waals surface area (Å²) in [6.07, 6.45) is 3.13. The Labute approximate surface area is 116 Å².